The molecule has 4 rings (SSSR count). The molecule has 0 fully saturated rings. The van der Waals surface area contributed by atoms with E-state index >= 15 is 0 Å². The molecule has 4 nitrogen and oxygen atoms in total. The van der Waals surface area contributed by atoms with Gasteiger partial charge in [-0.2, -0.15) is 0 Å². The minimum Gasteiger partial charge on any atom is -0.465 e. The van der Waals surface area contributed by atoms with Gasteiger partial charge in [0.2, 0.25) is 0 Å². The molecule has 0 spiro atoms. The first-order chi connectivity index (χ1) is 13.1. The van der Waals surface area contributed by atoms with Crippen molar-refractivity contribution in [2.24, 2.45) is 0 Å². The largest absolute Gasteiger partial charge is 0.465 e. The highest BCUT2D eigenvalue weighted by molar-refractivity contribution is 7.24. The van der Waals surface area contributed by atoms with Crippen molar-refractivity contribution in [1.29, 1.82) is 0 Å². The number of esters is 1. The van der Waals surface area contributed by atoms with E-state index in [1.807, 2.05) is 48.5 Å². The molecule has 6 heteroatoms. The quantitative estimate of drug-likeness (QED) is 0.331. The average molecular weight is 393 g/mol. The molecule has 0 aliphatic carbocycles. The standard InChI is InChI=1S/C21H15NO3S2/c1-12(23)17-7-9-19(26-17)20-10-8-18(27-20)16-11-14(21(24)25-2)13-5-3-4-6-15(13)22-16/h3-11H,1-2H3. The highest BCUT2D eigenvalue weighted by Gasteiger charge is 2.16. The predicted molar refractivity (Wildman–Crippen MR) is 110 cm³/mol. The Labute approximate surface area is 164 Å². The Kier molecular flexibility index (Phi) is 4.59. The van der Waals surface area contributed by atoms with E-state index < -0.39 is 0 Å². The van der Waals surface area contributed by atoms with Gasteiger partial charge >= 0.3 is 5.97 Å². The third-order valence-electron chi connectivity index (χ3n) is 4.18. The maximum absolute atomic E-state index is 12.2. The van der Waals surface area contributed by atoms with Gasteiger partial charge in [-0.1, -0.05) is 18.2 Å². The number of pyridine rings is 1. The number of benzene rings is 1. The minimum atomic E-state index is -0.379. The summed E-state index contributed by atoms with van der Waals surface area (Å²) >= 11 is 3.07. The average Bonchev–Trinajstić information content (AvgIpc) is 3.35. The number of methoxy groups -OCH3 is 1. The van der Waals surface area contributed by atoms with Crippen LogP contribution >= 0.6 is 22.7 Å². The van der Waals surface area contributed by atoms with E-state index in [4.69, 9.17) is 9.72 Å². The molecule has 0 radical (unpaired) electrons. The summed E-state index contributed by atoms with van der Waals surface area (Å²) in [6.07, 6.45) is 0. The summed E-state index contributed by atoms with van der Waals surface area (Å²) in [5.41, 5.74) is 1.98. The van der Waals surface area contributed by atoms with Crippen LogP contribution < -0.4 is 0 Å². The third-order valence-corrected chi connectivity index (χ3v) is 6.67. The van der Waals surface area contributed by atoms with E-state index in [1.54, 1.807) is 24.3 Å². The van der Waals surface area contributed by atoms with Crippen molar-refractivity contribution < 1.29 is 14.3 Å². The van der Waals surface area contributed by atoms with E-state index in [-0.39, 0.29) is 11.8 Å². The lowest BCUT2D eigenvalue weighted by atomic mass is 10.1. The van der Waals surface area contributed by atoms with Gasteiger partial charge < -0.3 is 4.74 Å². The molecule has 3 aromatic heterocycles. The fraction of sp³-hybridized carbons (Fsp3) is 0.0952. The van der Waals surface area contributed by atoms with E-state index in [9.17, 15) is 9.59 Å². The van der Waals surface area contributed by atoms with Crippen LogP contribution in [0.4, 0.5) is 0 Å². The Morgan fingerprint density at radius 1 is 0.926 bits per heavy atom. The number of para-hydroxylation sites is 1. The number of aromatic nitrogens is 1. The van der Waals surface area contributed by atoms with Gasteiger partial charge in [-0.15, -0.1) is 22.7 Å². The summed E-state index contributed by atoms with van der Waals surface area (Å²) in [6.45, 7) is 1.57. The van der Waals surface area contributed by atoms with Crippen molar-refractivity contribution in [2.75, 3.05) is 7.11 Å². The Morgan fingerprint density at radius 2 is 1.63 bits per heavy atom. The van der Waals surface area contributed by atoms with Crippen LogP contribution in [0, 0.1) is 0 Å². The third kappa shape index (κ3) is 3.29. The number of Topliss-reactive ketones (excluding diaryl/α,β-unsaturated/α-hetero) is 1. The molecular weight excluding hydrogens is 378 g/mol. The normalized spacial score (nSPS) is 10.9. The zero-order chi connectivity index (χ0) is 19.0. The highest BCUT2D eigenvalue weighted by atomic mass is 32.1. The predicted octanol–water partition coefficient (Wildman–Crippen LogP) is 5.68. The summed E-state index contributed by atoms with van der Waals surface area (Å²) in [6, 6.07) is 17.1. The van der Waals surface area contributed by atoms with Gasteiger partial charge in [-0.05, 0) is 43.3 Å². The Bertz CT molecular complexity index is 1170. The van der Waals surface area contributed by atoms with Gasteiger partial charge in [-0.3, -0.25) is 4.79 Å². The van der Waals surface area contributed by atoms with Crippen molar-refractivity contribution >= 4 is 45.3 Å². The minimum absolute atomic E-state index is 0.0712. The van der Waals surface area contributed by atoms with Gasteiger partial charge in [0.1, 0.15) is 0 Å². The Balaban J connectivity index is 1.79. The molecule has 134 valence electrons. The molecule has 4 aromatic rings. The number of carbonyl (C=O) groups excluding carboxylic acids is 2. The van der Waals surface area contributed by atoms with E-state index in [0.717, 1.165) is 36.1 Å². The van der Waals surface area contributed by atoms with Gasteiger partial charge in [0.05, 0.1) is 33.6 Å². The molecule has 1 aromatic carbocycles. The van der Waals surface area contributed by atoms with Crippen LogP contribution in [-0.4, -0.2) is 23.8 Å². The van der Waals surface area contributed by atoms with Gasteiger partial charge in [-0.25, -0.2) is 9.78 Å². The number of nitrogens with zero attached hydrogens (tertiary/aromatic N) is 1. The number of hydrogen-bond donors (Lipinski definition) is 0. The van der Waals surface area contributed by atoms with E-state index in [2.05, 4.69) is 0 Å². The lowest BCUT2D eigenvalue weighted by Crippen LogP contribution is -2.03. The second-order valence-corrected chi connectivity index (χ2v) is 8.12. The maximum Gasteiger partial charge on any atom is 0.338 e. The van der Waals surface area contributed by atoms with Crippen LogP contribution in [0.1, 0.15) is 27.0 Å². The van der Waals surface area contributed by atoms with Crippen LogP contribution in [0.5, 0.6) is 0 Å². The zero-order valence-corrected chi connectivity index (χ0v) is 16.3. The second kappa shape index (κ2) is 7.06. The first-order valence-corrected chi connectivity index (χ1v) is 9.89. The van der Waals surface area contributed by atoms with Crippen molar-refractivity contribution in [1.82, 2.24) is 4.98 Å². The molecule has 0 atom stereocenters. The number of rotatable bonds is 4. The number of hydrogen-bond acceptors (Lipinski definition) is 6. The molecule has 3 heterocycles. The summed E-state index contributed by atoms with van der Waals surface area (Å²) in [5.74, 6) is -0.307. The summed E-state index contributed by atoms with van der Waals surface area (Å²) in [7, 11) is 1.38. The SMILES string of the molecule is COC(=O)c1cc(-c2ccc(-c3ccc(C(C)=O)s3)s2)nc2ccccc12. The number of carbonyl (C=O) groups is 2. The number of thiophene rings is 2. The van der Waals surface area contributed by atoms with Crippen LogP contribution in [0.15, 0.2) is 54.6 Å². The smallest absolute Gasteiger partial charge is 0.338 e. The fourth-order valence-corrected chi connectivity index (χ4v) is 4.81. The molecule has 0 saturated carbocycles. The van der Waals surface area contributed by atoms with E-state index in [0.29, 0.717) is 5.56 Å². The molecule has 0 saturated heterocycles. The zero-order valence-electron chi connectivity index (χ0n) is 14.7. The monoisotopic (exact) mass is 393 g/mol. The van der Waals surface area contributed by atoms with Crippen molar-refractivity contribution in [3.63, 3.8) is 0 Å². The maximum atomic E-state index is 12.2. The molecule has 0 aliphatic heterocycles. The fourth-order valence-electron chi connectivity index (χ4n) is 2.85. The van der Waals surface area contributed by atoms with E-state index in [1.165, 1.54) is 18.4 Å². The molecular formula is C21H15NO3S2. The Morgan fingerprint density at radius 3 is 2.37 bits per heavy atom. The summed E-state index contributed by atoms with van der Waals surface area (Å²) in [5, 5.41) is 0.772. The molecule has 0 N–H and O–H groups in total. The molecule has 0 unspecified atom stereocenters. The number of ether oxygens (including phenoxy) is 1. The van der Waals surface area contributed by atoms with Gasteiger partial charge in [0, 0.05) is 15.1 Å². The van der Waals surface area contributed by atoms with Crippen molar-refractivity contribution in [3.05, 3.63) is 65.0 Å². The molecule has 0 bridgehead atoms. The molecule has 27 heavy (non-hydrogen) atoms. The second-order valence-electron chi connectivity index (χ2n) is 5.95. The number of fused-ring (bicyclic) bond motifs is 1. The van der Waals surface area contributed by atoms with Crippen LogP contribution in [-0.2, 0) is 4.74 Å². The first-order valence-electron chi connectivity index (χ1n) is 8.26. The lowest BCUT2D eigenvalue weighted by Gasteiger charge is -2.07. The van der Waals surface area contributed by atoms with Crippen LogP contribution in [0.2, 0.25) is 0 Å². The first kappa shape index (κ1) is 17.6. The van der Waals surface area contributed by atoms with Gasteiger partial charge in [0.15, 0.2) is 5.78 Å². The molecule has 0 amide bonds. The Hall–Kier alpha value is -2.83. The highest BCUT2D eigenvalue weighted by Crippen LogP contribution is 2.38. The van der Waals surface area contributed by atoms with Crippen molar-refractivity contribution in [2.45, 2.75) is 6.92 Å². The van der Waals surface area contributed by atoms with Crippen LogP contribution in [0.3, 0.4) is 0 Å². The van der Waals surface area contributed by atoms with Gasteiger partial charge in [0.25, 0.3) is 0 Å². The van der Waals surface area contributed by atoms with Crippen LogP contribution in [0.25, 0.3) is 31.2 Å². The lowest BCUT2D eigenvalue weighted by molar-refractivity contribution is 0.0603. The molecule has 0 aliphatic rings. The summed E-state index contributed by atoms with van der Waals surface area (Å²) in [4.78, 5) is 32.3. The number of ketones is 1. The summed E-state index contributed by atoms with van der Waals surface area (Å²) < 4.78 is 4.94. The topological polar surface area (TPSA) is 56.3 Å². The van der Waals surface area contributed by atoms with Crippen molar-refractivity contribution in [3.8, 4) is 20.3 Å².